The molecule has 310 valence electrons. The Morgan fingerprint density at radius 3 is 1.53 bits per heavy atom. The van der Waals surface area contributed by atoms with E-state index in [-0.39, 0.29) is 5.41 Å². The van der Waals surface area contributed by atoms with E-state index in [9.17, 15) is 0 Å². The van der Waals surface area contributed by atoms with Crippen molar-refractivity contribution in [3.05, 3.63) is 258 Å². The van der Waals surface area contributed by atoms with E-state index in [1.54, 1.807) is 0 Å². The van der Waals surface area contributed by atoms with Crippen LogP contribution < -0.4 is 4.90 Å². The molecule has 3 aliphatic rings. The molecule has 0 fully saturated rings. The summed E-state index contributed by atoms with van der Waals surface area (Å²) in [5, 5.41) is 2.65. The third-order valence-corrected chi connectivity index (χ3v) is 16.3. The minimum Gasteiger partial charge on any atom is -0.310 e. The highest BCUT2D eigenvalue weighted by Gasteiger charge is 2.52. The number of benzene rings is 10. The molecular weight excluding hydrogens is 815 g/mol. The molecule has 66 heavy (non-hydrogen) atoms. The molecule has 10 aromatic carbocycles. The minimum absolute atomic E-state index is 0.0609. The summed E-state index contributed by atoms with van der Waals surface area (Å²) in [6.07, 6.45) is 0. The highest BCUT2D eigenvalue weighted by molar-refractivity contribution is 7.25. The zero-order chi connectivity index (χ0) is 43.7. The highest BCUT2D eigenvalue weighted by Crippen LogP contribution is 2.64. The Morgan fingerprint density at radius 1 is 0.348 bits per heavy atom. The van der Waals surface area contributed by atoms with Gasteiger partial charge in [-0.3, -0.25) is 0 Å². The zero-order valence-corrected chi connectivity index (χ0v) is 37.5. The monoisotopic (exact) mass is 857 g/mol. The molecule has 0 aliphatic heterocycles. The van der Waals surface area contributed by atoms with Gasteiger partial charge in [0, 0.05) is 42.5 Å². The van der Waals surface area contributed by atoms with Crippen molar-refractivity contribution in [2.24, 2.45) is 0 Å². The summed E-state index contributed by atoms with van der Waals surface area (Å²) < 4.78 is 2.64. The lowest BCUT2D eigenvalue weighted by Crippen LogP contribution is -2.26. The number of rotatable bonds is 5. The SMILES string of the molecule is CC1(C)c2ccccc2-c2ccc(-c3ccc(N(c4ccc(-c5cccc6sc7ccccc7c56)cc4)c4cccc5c4-c4ccccc4C54c5ccccc5-c5ccccc54)cc3)cc21. The molecule has 3 aliphatic carbocycles. The van der Waals surface area contributed by atoms with Gasteiger partial charge < -0.3 is 4.90 Å². The summed E-state index contributed by atoms with van der Waals surface area (Å²) in [7, 11) is 0. The first kappa shape index (κ1) is 37.6. The molecule has 11 aromatic rings. The topological polar surface area (TPSA) is 3.24 Å². The van der Waals surface area contributed by atoms with E-state index in [1.165, 1.54) is 115 Å². The maximum atomic E-state index is 2.50. The molecule has 1 aromatic heterocycles. The lowest BCUT2D eigenvalue weighted by atomic mass is 9.70. The molecule has 0 N–H and O–H groups in total. The normalized spacial score (nSPS) is 14.2. The van der Waals surface area contributed by atoms with Gasteiger partial charge >= 0.3 is 0 Å². The lowest BCUT2D eigenvalue weighted by molar-refractivity contribution is 0.660. The molecule has 0 atom stereocenters. The van der Waals surface area contributed by atoms with Crippen LogP contribution in [0.15, 0.2) is 224 Å². The van der Waals surface area contributed by atoms with Gasteiger partial charge in [-0.1, -0.05) is 190 Å². The van der Waals surface area contributed by atoms with E-state index >= 15 is 0 Å². The van der Waals surface area contributed by atoms with Gasteiger partial charge in [-0.25, -0.2) is 0 Å². The van der Waals surface area contributed by atoms with Gasteiger partial charge in [-0.15, -0.1) is 11.3 Å². The van der Waals surface area contributed by atoms with E-state index in [1.807, 2.05) is 11.3 Å². The van der Waals surface area contributed by atoms with E-state index < -0.39 is 5.41 Å². The highest BCUT2D eigenvalue weighted by atomic mass is 32.1. The quantitative estimate of drug-likeness (QED) is 0.167. The van der Waals surface area contributed by atoms with Crippen LogP contribution in [-0.4, -0.2) is 0 Å². The zero-order valence-electron chi connectivity index (χ0n) is 36.7. The second-order valence-electron chi connectivity index (χ2n) is 18.7. The van der Waals surface area contributed by atoms with E-state index in [0.717, 1.165) is 11.4 Å². The van der Waals surface area contributed by atoms with Crippen molar-refractivity contribution >= 4 is 48.6 Å². The molecule has 1 spiro atoms. The van der Waals surface area contributed by atoms with E-state index in [4.69, 9.17) is 0 Å². The van der Waals surface area contributed by atoms with E-state index in [2.05, 4.69) is 243 Å². The van der Waals surface area contributed by atoms with Crippen LogP contribution in [-0.2, 0) is 10.8 Å². The molecule has 1 heterocycles. The summed E-state index contributed by atoms with van der Waals surface area (Å²) in [6.45, 7) is 4.72. The summed E-state index contributed by atoms with van der Waals surface area (Å²) in [6, 6.07) is 84.4. The van der Waals surface area contributed by atoms with Gasteiger partial charge in [-0.2, -0.15) is 0 Å². The fourth-order valence-corrected chi connectivity index (χ4v) is 13.4. The average molecular weight is 858 g/mol. The molecule has 0 unspecified atom stereocenters. The first-order valence-electron chi connectivity index (χ1n) is 23.1. The number of thiophene rings is 1. The lowest BCUT2D eigenvalue weighted by Gasteiger charge is -2.32. The van der Waals surface area contributed by atoms with Crippen LogP contribution in [0.2, 0.25) is 0 Å². The van der Waals surface area contributed by atoms with Crippen LogP contribution in [0.3, 0.4) is 0 Å². The summed E-state index contributed by atoms with van der Waals surface area (Å²) in [5.41, 5.74) is 23.9. The van der Waals surface area contributed by atoms with Gasteiger partial charge in [0.25, 0.3) is 0 Å². The van der Waals surface area contributed by atoms with Crippen LogP contribution >= 0.6 is 11.3 Å². The fraction of sp³-hybridized carbons (Fsp3) is 0.0625. The first-order chi connectivity index (χ1) is 32.5. The predicted molar refractivity (Wildman–Crippen MR) is 279 cm³/mol. The van der Waals surface area contributed by atoms with Crippen LogP contribution in [0.5, 0.6) is 0 Å². The first-order valence-corrected chi connectivity index (χ1v) is 23.9. The Morgan fingerprint density at radius 2 is 0.833 bits per heavy atom. The van der Waals surface area contributed by atoms with Crippen molar-refractivity contribution in [2.75, 3.05) is 4.90 Å². The molecule has 0 amide bonds. The molecule has 1 nitrogen and oxygen atoms in total. The van der Waals surface area contributed by atoms with Gasteiger partial charge in [0.1, 0.15) is 0 Å². The van der Waals surface area contributed by atoms with Crippen molar-refractivity contribution in [3.8, 4) is 55.6 Å². The third-order valence-electron chi connectivity index (χ3n) is 15.1. The molecule has 2 heteroatoms. The molecule has 0 bridgehead atoms. The standard InChI is InChI=1S/C64H43NS/c1-63(2)52-21-8-3-15-46(52)49-38-33-42(39-57(49)63)40-29-34-43(35-30-40)65(44-36-31-41(32-37-44)45-20-13-28-60-61(45)51-19-7-12-27-59(51)66-60)58-26-14-25-56-62(58)50-18-6-11-24-55(50)64(56)53-22-9-4-16-47(53)48-17-5-10-23-54(48)64/h3-39H,1-2H3. The smallest absolute Gasteiger partial charge is 0.0726 e. The Labute approximate surface area is 389 Å². The summed E-state index contributed by atoms with van der Waals surface area (Å²) in [4.78, 5) is 2.50. The number of nitrogens with zero attached hydrogens (tertiary/aromatic N) is 1. The Kier molecular flexibility index (Phi) is 7.89. The second kappa shape index (κ2) is 13.9. The molecule has 0 radical (unpaired) electrons. The van der Waals surface area contributed by atoms with Crippen molar-refractivity contribution in [3.63, 3.8) is 0 Å². The number of anilines is 3. The Hall–Kier alpha value is -7.78. The predicted octanol–water partition coefficient (Wildman–Crippen LogP) is 17.5. The van der Waals surface area contributed by atoms with Crippen LogP contribution in [0.4, 0.5) is 17.1 Å². The van der Waals surface area contributed by atoms with Crippen molar-refractivity contribution in [2.45, 2.75) is 24.7 Å². The minimum atomic E-state index is -0.433. The Bertz CT molecular complexity index is 3750. The van der Waals surface area contributed by atoms with Gasteiger partial charge in [0.2, 0.25) is 0 Å². The van der Waals surface area contributed by atoms with Crippen LogP contribution in [0.1, 0.15) is 47.2 Å². The summed E-state index contributed by atoms with van der Waals surface area (Å²) in [5.74, 6) is 0. The van der Waals surface area contributed by atoms with Crippen LogP contribution in [0.25, 0.3) is 75.8 Å². The van der Waals surface area contributed by atoms with Crippen LogP contribution in [0, 0.1) is 0 Å². The fourth-order valence-electron chi connectivity index (χ4n) is 12.2. The van der Waals surface area contributed by atoms with Crippen molar-refractivity contribution < 1.29 is 0 Å². The maximum absolute atomic E-state index is 2.50. The number of hydrogen-bond acceptors (Lipinski definition) is 2. The van der Waals surface area contributed by atoms with Gasteiger partial charge in [0.15, 0.2) is 0 Å². The largest absolute Gasteiger partial charge is 0.310 e. The molecular formula is C64H43NS. The Balaban J connectivity index is 0.955. The van der Waals surface area contributed by atoms with E-state index in [0.29, 0.717) is 0 Å². The summed E-state index contributed by atoms with van der Waals surface area (Å²) >= 11 is 1.87. The third kappa shape index (κ3) is 5.05. The molecule has 14 rings (SSSR count). The maximum Gasteiger partial charge on any atom is 0.0726 e. The number of fused-ring (bicyclic) bond motifs is 16. The average Bonchev–Trinajstić information content (AvgIpc) is 4.07. The van der Waals surface area contributed by atoms with Gasteiger partial charge in [-0.05, 0) is 132 Å². The molecule has 0 saturated heterocycles. The van der Waals surface area contributed by atoms with Gasteiger partial charge in [0.05, 0.1) is 11.1 Å². The van der Waals surface area contributed by atoms with Crippen molar-refractivity contribution in [1.82, 2.24) is 0 Å². The van der Waals surface area contributed by atoms with Crippen molar-refractivity contribution in [1.29, 1.82) is 0 Å². The number of hydrogen-bond donors (Lipinski definition) is 0. The molecule has 0 saturated carbocycles. The second-order valence-corrected chi connectivity index (χ2v) is 19.8.